The van der Waals surface area contributed by atoms with E-state index in [1.54, 1.807) is 18.2 Å². The SMILES string of the molecule is Cc1cc(C)c(OCC(=O)NCCc2ccccc2F)cc1C. The average Bonchev–Trinajstić information content (AvgIpc) is 2.51. The maximum atomic E-state index is 13.5. The van der Waals surface area contributed by atoms with E-state index in [2.05, 4.69) is 5.32 Å². The summed E-state index contributed by atoms with van der Waals surface area (Å²) in [6.45, 7) is 6.35. The molecule has 122 valence electrons. The van der Waals surface area contributed by atoms with E-state index in [0.717, 1.165) is 16.9 Å². The predicted octanol–water partition coefficient (Wildman–Crippen LogP) is 3.49. The van der Waals surface area contributed by atoms with E-state index in [1.807, 2.05) is 32.9 Å². The number of amides is 1. The van der Waals surface area contributed by atoms with E-state index < -0.39 is 0 Å². The number of aryl methyl sites for hydroxylation is 3. The van der Waals surface area contributed by atoms with E-state index in [1.165, 1.54) is 11.6 Å². The van der Waals surface area contributed by atoms with Gasteiger partial charge < -0.3 is 10.1 Å². The third-order valence-electron chi connectivity index (χ3n) is 3.82. The number of hydrogen-bond acceptors (Lipinski definition) is 2. The van der Waals surface area contributed by atoms with Crippen LogP contribution >= 0.6 is 0 Å². The summed E-state index contributed by atoms with van der Waals surface area (Å²) >= 11 is 0. The monoisotopic (exact) mass is 315 g/mol. The molecule has 23 heavy (non-hydrogen) atoms. The van der Waals surface area contributed by atoms with E-state index in [9.17, 15) is 9.18 Å². The Morgan fingerprint density at radius 1 is 1.09 bits per heavy atom. The minimum absolute atomic E-state index is 0.0411. The Labute approximate surface area is 136 Å². The quantitative estimate of drug-likeness (QED) is 0.886. The highest BCUT2D eigenvalue weighted by Crippen LogP contribution is 2.22. The van der Waals surface area contributed by atoms with Gasteiger partial charge in [0.05, 0.1) is 0 Å². The van der Waals surface area contributed by atoms with Crippen LogP contribution < -0.4 is 10.1 Å². The standard InChI is InChI=1S/C19H22FNO2/c1-13-10-15(3)18(11-14(13)2)23-12-19(22)21-9-8-16-6-4-5-7-17(16)20/h4-7,10-11H,8-9,12H2,1-3H3,(H,21,22). The van der Waals surface area contributed by atoms with Gasteiger partial charge in [0.2, 0.25) is 0 Å². The second-order valence-electron chi connectivity index (χ2n) is 5.68. The molecular formula is C19H22FNO2. The molecule has 0 bridgehead atoms. The van der Waals surface area contributed by atoms with Gasteiger partial charge in [0.15, 0.2) is 6.61 Å². The molecule has 0 aromatic heterocycles. The van der Waals surface area contributed by atoms with Crippen molar-refractivity contribution in [2.24, 2.45) is 0 Å². The van der Waals surface area contributed by atoms with Crippen LogP contribution in [-0.4, -0.2) is 19.1 Å². The van der Waals surface area contributed by atoms with Gasteiger partial charge in [-0.15, -0.1) is 0 Å². The third-order valence-corrected chi connectivity index (χ3v) is 3.82. The minimum atomic E-state index is -0.247. The number of nitrogens with one attached hydrogen (secondary N) is 1. The van der Waals surface area contributed by atoms with Gasteiger partial charge in [-0.1, -0.05) is 24.3 Å². The molecule has 0 aliphatic rings. The molecule has 0 saturated carbocycles. The van der Waals surface area contributed by atoms with Gasteiger partial charge in [0, 0.05) is 6.54 Å². The van der Waals surface area contributed by atoms with Crippen LogP contribution in [0.1, 0.15) is 22.3 Å². The number of carbonyl (C=O) groups is 1. The van der Waals surface area contributed by atoms with Crippen LogP contribution in [0.3, 0.4) is 0 Å². The van der Waals surface area contributed by atoms with Crippen molar-refractivity contribution >= 4 is 5.91 Å². The first-order chi connectivity index (χ1) is 11.0. The molecule has 0 saturated heterocycles. The van der Waals surface area contributed by atoms with Crippen LogP contribution in [0.2, 0.25) is 0 Å². The van der Waals surface area contributed by atoms with Crippen LogP contribution in [0.4, 0.5) is 4.39 Å². The summed E-state index contributed by atoms with van der Waals surface area (Å²) in [5, 5.41) is 2.74. The molecule has 2 aromatic rings. The highest BCUT2D eigenvalue weighted by Gasteiger charge is 2.07. The second-order valence-corrected chi connectivity index (χ2v) is 5.68. The maximum absolute atomic E-state index is 13.5. The zero-order chi connectivity index (χ0) is 16.8. The first kappa shape index (κ1) is 17.0. The van der Waals surface area contributed by atoms with Crippen molar-refractivity contribution in [2.75, 3.05) is 13.2 Å². The van der Waals surface area contributed by atoms with E-state index in [-0.39, 0.29) is 18.3 Å². The van der Waals surface area contributed by atoms with Gasteiger partial charge in [-0.05, 0) is 61.6 Å². The lowest BCUT2D eigenvalue weighted by Crippen LogP contribution is -2.30. The highest BCUT2D eigenvalue weighted by atomic mass is 19.1. The van der Waals surface area contributed by atoms with Gasteiger partial charge in [-0.25, -0.2) is 4.39 Å². The van der Waals surface area contributed by atoms with Crippen LogP contribution in [0.15, 0.2) is 36.4 Å². The summed E-state index contributed by atoms with van der Waals surface area (Å²) in [7, 11) is 0. The fourth-order valence-corrected chi connectivity index (χ4v) is 2.32. The van der Waals surface area contributed by atoms with Gasteiger partial charge in [0.1, 0.15) is 11.6 Å². The molecular weight excluding hydrogens is 293 g/mol. The molecule has 2 rings (SSSR count). The smallest absolute Gasteiger partial charge is 0.257 e. The number of halogens is 1. The fourth-order valence-electron chi connectivity index (χ4n) is 2.32. The Hall–Kier alpha value is -2.36. The molecule has 0 radical (unpaired) electrons. The summed E-state index contributed by atoms with van der Waals surface area (Å²) in [6, 6.07) is 10.6. The molecule has 0 fully saturated rings. The normalized spacial score (nSPS) is 10.4. The van der Waals surface area contributed by atoms with Gasteiger partial charge in [0.25, 0.3) is 5.91 Å². The average molecular weight is 315 g/mol. The summed E-state index contributed by atoms with van der Waals surface area (Å²) in [5.41, 5.74) is 3.93. The van der Waals surface area contributed by atoms with E-state index >= 15 is 0 Å². The van der Waals surface area contributed by atoms with Crippen molar-refractivity contribution in [2.45, 2.75) is 27.2 Å². The topological polar surface area (TPSA) is 38.3 Å². The van der Waals surface area contributed by atoms with Crippen molar-refractivity contribution in [1.29, 1.82) is 0 Å². The Morgan fingerprint density at radius 3 is 2.52 bits per heavy atom. The Balaban J connectivity index is 1.80. The van der Waals surface area contributed by atoms with Crippen LogP contribution in [0.25, 0.3) is 0 Å². The molecule has 0 aliphatic heterocycles. The molecule has 0 unspecified atom stereocenters. The minimum Gasteiger partial charge on any atom is -0.483 e. The van der Waals surface area contributed by atoms with Gasteiger partial charge in [-0.3, -0.25) is 4.79 Å². The lowest BCUT2D eigenvalue weighted by Gasteiger charge is -2.12. The third kappa shape index (κ3) is 4.81. The zero-order valence-corrected chi connectivity index (χ0v) is 13.8. The number of benzene rings is 2. The van der Waals surface area contributed by atoms with Crippen molar-refractivity contribution in [1.82, 2.24) is 5.32 Å². The number of hydrogen-bond donors (Lipinski definition) is 1. The Kier molecular flexibility index (Phi) is 5.74. The highest BCUT2D eigenvalue weighted by molar-refractivity contribution is 5.77. The summed E-state index contributed by atoms with van der Waals surface area (Å²) in [5.74, 6) is 0.264. The Morgan fingerprint density at radius 2 is 1.78 bits per heavy atom. The van der Waals surface area contributed by atoms with Gasteiger partial charge >= 0.3 is 0 Å². The summed E-state index contributed by atoms with van der Waals surface area (Å²) in [6.07, 6.45) is 0.459. The largest absolute Gasteiger partial charge is 0.483 e. The molecule has 0 aliphatic carbocycles. The molecule has 1 amide bonds. The first-order valence-corrected chi connectivity index (χ1v) is 7.68. The van der Waals surface area contributed by atoms with Crippen molar-refractivity contribution in [3.63, 3.8) is 0 Å². The number of rotatable bonds is 6. The van der Waals surface area contributed by atoms with Crippen LogP contribution in [0.5, 0.6) is 5.75 Å². The second kappa shape index (κ2) is 7.77. The summed E-state index contributed by atoms with van der Waals surface area (Å²) in [4.78, 5) is 11.8. The zero-order valence-electron chi connectivity index (χ0n) is 13.8. The molecule has 1 N–H and O–H groups in total. The van der Waals surface area contributed by atoms with Crippen molar-refractivity contribution in [3.8, 4) is 5.75 Å². The van der Waals surface area contributed by atoms with Crippen LogP contribution in [0, 0.1) is 26.6 Å². The molecule has 0 heterocycles. The lowest BCUT2D eigenvalue weighted by atomic mass is 10.1. The fraction of sp³-hybridized carbons (Fsp3) is 0.316. The molecule has 3 nitrogen and oxygen atoms in total. The van der Waals surface area contributed by atoms with E-state index in [0.29, 0.717) is 18.5 Å². The first-order valence-electron chi connectivity index (χ1n) is 7.68. The van der Waals surface area contributed by atoms with E-state index in [4.69, 9.17) is 4.74 Å². The number of ether oxygens (including phenoxy) is 1. The molecule has 0 spiro atoms. The van der Waals surface area contributed by atoms with Crippen molar-refractivity contribution < 1.29 is 13.9 Å². The molecule has 2 aromatic carbocycles. The Bertz CT molecular complexity index is 698. The molecule has 4 heteroatoms. The maximum Gasteiger partial charge on any atom is 0.257 e. The lowest BCUT2D eigenvalue weighted by molar-refractivity contribution is -0.123. The molecule has 0 atom stereocenters. The summed E-state index contributed by atoms with van der Waals surface area (Å²) < 4.78 is 19.0. The van der Waals surface area contributed by atoms with Crippen molar-refractivity contribution in [3.05, 3.63) is 64.5 Å². The van der Waals surface area contributed by atoms with Crippen LogP contribution in [-0.2, 0) is 11.2 Å². The van der Waals surface area contributed by atoms with Gasteiger partial charge in [-0.2, -0.15) is 0 Å². The number of carbonyl (C=O) groups excluding carboxylic acids is 1. The predicted molar refractivity (Wildman–Crippen MR) is 89.3 cm³/mol.